The van der Waals surface area contributed by atoms with E-state index in [2.05, 4.69) is 15.6 Å². The fourth-order valence-electron chi connectivity index (χ4n) is 2.03. The number of para-hydroxylation sites is 1. The second kappa shape index (κ2) is 5.97. The van der Waals surface area contributed by atoms with Gasteiger partial charge in [0.15, 0.2) is 0 Å². The summed E-state index contributed by atoms with van der Waals surface area (Å²) in [5.41, 5.74) is 0.800. The van der Waals surface area contributed by atoms with Gasteiger partial charge in [-0.1, -0.05) is 18.2 Å². The van der Waals surface area contributed by atoms with Crippen LogP contribution in [0.2, 0.25) is 0 Å². The molecule has 0 saturated carbocycles. The molecule has 2 heterocycles. The quantitative estimate of drug-likeness (QED) is 0.913. The average Bonchev–Trinajstić information content (AvgIpc) is 2.49. The fraction of sp³-hybridized carbons (Fsp3) is 0.133. The first-order valence-corrected chi connectivity index (χ1v) is 7.38. The molecule has 0 bridgehead atoms. The molecule has 0 saturated heterocycles. The van der Waals surface area contributed by atoms with Crippen molar-refractivity contribution >= 4 is 35.1 Å². The van der Waals surface area contributed by atoms with Crippen LogP contribution in [0.3, 0.4) is 0 Å². The number of amides is 2. The number of nitrogens with one attached hydrogen (secondary N) is 2. The van der Waals surface area contributed by atoms with Crippen molar-refractivity contribution in [3.05, 3.63) is 48.7 Å². The maximum absolute atomic E-state index is 12.0. The molecule has 1 aromatic carbocycles. The third-order valence-electron chi connectivity index (χ3n) is 3.01. The lowest BCUT2D eigenvalue weighted by Crippen LogP contribution is -2.32. The molecule has 0 fully saturated rings. The standard InChI is InChI=1S/C15H13N3O2S/c19-14(18-13-7-3-4-8-16-13)9-12-15(20)17-10-5-1-2-6-11(10)21-12/h1-8,12H,9H2,(H,17,20)(H,16,18,19)/t12-/m0/s1. The van der Waals surface area contributed by atoms with Crippen molar-refractivity contribution in [2.75, 3.05) is 10.6 Å². The molecule has 2 amide bonds. The molecule has 2 aromatic rings. The van der Waals surface area contributed by atoms with Crippen molar-refractivity contribution in [3.63, 3.8) is 0 Å². The van der Waals surface area contributed by atoms with Crippen LogP contribution in [-0.2, 0) is 9.59 Å². The molecule has 6 heteroatoms. The summed E-state index contributed by atoms with van der Waals surface area (Å²) in [4.78, 5) is 29.0. The molecule has 0 unspecified atom stereocenters. The van der Waals surface area contributed by atoms with Crippen LogP contribution < -0.4 is 10.6 Å². The van der Waals surface area contributed by atoms with E-state index >= 15 is 0 Å². The van der Waals surface area contributed by atoms with Gasteiger partial charge in [-0.2, -0.15) is 0 Å². The van der Waals surface area contributed by atoms with Gasteiger partial charge in [-0.15, -0.1) is 11.8 Å². The van der Waals surface area contributed by atoms with Crippen LogP contribution in [0.25, 0.3) is 0 Å². The Hall–Kier alpha value is -2.34. The summed E-state index contributed by atoms with van der Waals surface area (Å²) in [6.07, 6.45) is 1.72. The van der Waals surface area contributed by atoms with Crippen molar-refractivity contribution < 1.29 is 9.59 Å². The molecule has 0 aliphatic carbocycles. The molecule has 21 heavy (non-hydrogen) atoms. The van der Waals surface area contributed by atoms with Gasteiger partial charge >= 0.3 is 0 Å². The molecule has 0 spiro atoms. The summed E-state index contributed by atoms with van der Waals surface area (Å²) in [5.74, 6) is 0.125. The van der Waals surface area contributed by atoms with Crippen molar-refractivity contribution in [3.8, 4) is 0 Å². The molecule has 3 rings (SSSR count). The normalized spacial score (nSPS) is 16.8. The Morgan fingerprint density at radius 3 is 2.86 bits per heavy atom. The lowest BCUT2D eigenvalue weighted by atomic mass is 10.2. The zero-order chi connectivity index (χ0) is 14.7. The highest BCUT2D eigenvalue weighted by Crippen LogP contribution is 2.36. The summed E-state index contributed by atoms with van der Waals surface area (Å²) in [7, 11) is 0. The molecule has 1 aliphatic rings. The molecule has 106 valence electrons. The second-order valence-corrected chi connectivity index (χ2v) is 5.80. The Morgan fingerprint density at radius 2 is 2.05 bits per heavy atom. The van der Waals surface area contributed by atoms with Crippen molar-refractivity contribution in [1.29, 1.82) is 0 Å². The van der Waals surface area contributed by atoms with Crippen molar-refractivity contribution in [2.45, 2.75) is 16.6 Å². The summed E-state index contributed by atoms with van der Waals surface area (Å²) >= 11 is 1.41. The van der Waals surface area contributed by atoms with Gasteiger partial charge in [0.2, 0.25) is 11.8 Å². The minimum absolute atomic E-state index is 0.113. The van der Waals surface area contributed by atoms with Gasteiger partial charge in [0.1, 0.15) is 5.82 Å². The number of aromatic nitrogens is 1. The van der Waals surface area contributed by atoms with Gasteiger partial charge in [-0.3, -0.25) is 9.59 Å². The first-order chi connectivity index (χ1) is 10.2. The van der Waals surface area contributed by atoms with Crippen LogP contribution in [0.1, 0.15) is 6.42 Å². The van der Waals surface area contributed by atoms with Gasteiger partial charge in [0.05, 0.1) is 10.9 Å². The fourth-order valence-corrected chi connectivity index (χ4v) is 3.14. The molecule has 1 aliphatic heterocycles. The second-order valence-electron chi connectivity index (χ2n) is 4.56. The van der Waals surface area contributed by atoms with Crippen LogP contribution >= 0.6 is 11.8 Å². The highest BCUT2D eigenvalue weighted by atomic mass is 32.2. The van der Waals surface area contributed by atoms with Crippen LogP contribution in [0.4, 0.5) is 11.5 Å². The third-order valence-corrected chi connectivity index (χ3v) is 4.28. The van der Waals surface area contributed by atoms with Gasteiger partial charge < -0.3 is 10.6 Å². The molecule has 1 atom stereocenters. The predicted molar refractivity (Wildman–Crippen MR) is 82.2 cm³/mol. The zero-order valence-electron chi connectivity index (χ0n) is 11.1. The minimum atomic E-state index is -0.427. The average molecular weight is 299 g/mol. The van der Waals surface area contributed by atoms with Gasteiger partial charge in [-0.05, 0) is 24.3 Å². The predicted octanol–water partition coefficient (Wildman–Crippen LogP) is 2.52. The van der Waals surface area contributed by atoms with Gasteiger partial charge in [0.25, 0.3) is 0 Å². The highest BCUT2D eigenvalue weighted by molar-refractivity contribution is 8.01. The van der Waals surface area contributed by atoms with Crippen LogP contribution in [0.5, 0.6) is 0 Å². The number of pyridine rings is 1. The first kappa shape index (κ1) is 13.6. The highest BCUT2D eigenvalue weighted by Gasteiger charge is 2.28. The number of hydrogen-bond donors (Lipinski definition) is 2. The summed E-state index contributed by atoms with van der Waals surface area (Å²) in [6.45, 7) is 0. The van der Waals surface area contributed by atoms with Crippen LogP contribution in [0.15, 0.2) is 53.6 Å². The number of benzene rings is 1. The van der Waals surface area contributed by atoms with E-state index in [9.17, 15) is 9.59 Å². The molecule has 5 nitrogen and oxygen atoms in total. The lowest BCUT2D eigenvalue weighted by Gasteiger charge is -2.23. The summed E-state index contributed by atoms with van der Waals surface area (Å²) in [5, 5.41) is 5.09. The Balaban J connectivity index is 1.65. The zero-order valence-corrected chi connectivity index (χ0v) is 11.9. The number of fused-ring (bicyclic) bond motifs is 1. The van der Waals surface area contributed by atoms with Gasteiger partial charge in [-0.25, -0.2) is 4.98 Å². The monoisotopic (exact) mass is 299 g/mol. The first-order valence-electron chi connectivity index (χ1n) is 6.50. The van der Waals surface area contributed by atoms with Gasteiger partial charge in [0, 0.05) is 17.5 Å². The van der Waals surface area contributed by atoms with E-state index in [1.807, 2.05) is 24.3 Å². The molecule has 2 N–H and O–H groups in total. The molecular weight excluding hydrogens is 286 g/mol. The minimum Gasteiger partial charge on any atom is -0.324 e. The summed E-state index contributed by atoms with van der Waals surface area (Å²) in [6, 6.07) is 12.8. The SMILES string of the molecule is O=C(C[C@@H]1Sc2ccccc2NC1=O)Nc1ccccn1. The number of carbonyl (C=O) groups is 2. The topological polar surface area (TPSA) is 71.1 Å². The Labute approximate surface area is 126 Å². The largest absolute Gasteiger partial charge is 0.324 e. The maximum atomic E-state index is 12.0. The van der Waals surface area contributed by atoms with E-state index < -0.39 is 5.25 Å². The lowest BCUT2D eigenvalue weighted by molar-refractivity contribution is -0.120. The maximum Gasteiger partial charge on any atom is 0.238 e. The van der Waals surface area contributed by atoms with Crippen molar-refractivity contribution in [1.82, 2.24) is 4.98 Å². The number of thioether (sulfide) groups is 1. The van der Waals surface area contributed by atoms with E-state index in [0.29, 0.717) is 5.82 Å². The molecular formula is C15H13N3O2S. The Bertz CT molecular complexity index is 676. The van der Waals surface area contributed by atoms with Crippen LogP contribution in [0, 0.1) is 0 Å². The summed E-state index contributed by atoms with van der Waals surface area (Å²) < 4.78 is 0. The Kier molecular flexibility index (Phi) is 3.87. The van der Waals surface area contributed by atoms with E-state index in [4.69, 9.17) is 0 Å². The Morgan fingerprint density at radius 1 is 1.24 bits per heavy atom. The third kappa shape index (κ3) is 3.22. The van der Waals surface area contributed by atoms with E-state index in [1.54, 1.807) is 24.4 Å². The number of rotatable bonds is 3. The van der Waals surface area contributed by atoms with E-state index in [1.165, 1.54) is 11.8 Å². The van der Waals surface area contributed by atoms with Crippen LogP contribution in [-0.4, -0.2) is 22.0 Å². The molecule has 0 radical (unpaired) electrons. The number of carbonyl (C=O) groups excluding carboxylic acids is 2. The van der Waals surface area contributed by atoms with Crippen molar-refractivity contribution in [2.24, 2.45) is 0 Å². The number of hydrogen-bond acceptors (Lipinski definition) is 4. The number of nitrogens with zero attached hydrogens (tertiary/aromatic N) is 1. The van der Waals surface area contributed by atoms with E-state index in [0.717, 1.165) is 10.6 Å². The van der Waals surface area contributed by atoms with E-state index in [-0.39, 0.29) is 18.2 Å². The smallest absolute Gasteiger partial charge is 0.238 e. The molecule has 1 aromatic heterocycles. The number of anilines is 2.